The van der Waals surface area contributed by atoms with Crippen molar-refractivity contribution in [1.82, 2.24) is 15.0 Å². The van der Waals surface area contributed by atoms with Crippen LogP contribution in [-0.2, 0) is 0 Å². The molecule has 0 amide bonds. The number of nitrogens with zero attached hydrogens (tertiary/aromatic N) is 4. The molecule has 6 heteroatoms. The van der Waals surface area contributed by atoms with Crippen molar-refractivity contribution in [3.05, 3.63) is 0 Å². The number of aromatic nitrogens is 3. The Bertz CT molecular complexity index is 371. The first-order chi connectivity index (χ1) is 8.15. The van der Waals surface area contributed by atoms with Crippen molar-refractivity contribution < 1.29 is 4.74 Å². The second-order valence-electron chi connectivity index (χ2n) is 4.38. The van der Waals surface area contributed by atoms with Crippen LogP contribution < -0.4 is 15.0 Å². The van der Waals surface area contributed by atoms with Crippen LogP contribution in [0.1, 0.15) is 19.8 Å². The largest absolute Gasteiger partial charge is 0.467 e. The van der Waals surface area contributed by atoms with E-state index in [4.69, 9.17) is 4.74 Å². The van der Waals surface area contributed by atoms with Gasteiger partial charge in [-0.1, -0.05) is 0 Å². The summed E-state index contributed by atoms with van der Waals surface area (Å²) in [4.78, 5) is 14.8. The van der Waals surface area contributed by atoms with Crippen LogP contribution in [0.15, 0.2) is 0 Å². The quantitative estimate of drug-likeness (QED) is 0.829. The van der Waals surface area contributed by atoms with Crippen molar-refractivity contribution in [3.63, 3.8) is 0 Å². The average Bonchev–Trinajstić information content (AvgIpc) is 3.20. The summed E-state index contributed by atoms with van der Waals surface area (Å²) < 4.78 is 5.07. The molecule has 1 fully saturated rings. The highest BCUT2D eigenvalue weighted by atomic mass is 16.5. The molecule has 1 aliphatic rings. The molecule has 1 heterocycles. The highest BCUT2D eigenvalue weighted by molar-refractivity contribution is 5.38. The Hall–Kier alpha value is -1.59. The van der Waals surface area contributed by atoms with Gasteiger partial charge < -0.3 is 15.0 Å². The van der Waals surface area contributed by atoms with E-state index in [0.29, 0.717) is 23.9 Å². The van der Waals surface area contributed by atoms with Gasteiger partial charge in [-0.25, -0.2) is 0 Å². The van der Waals surface area contributed by atoms with Crippen molar-refractivity contribution in [1.29, 1.82) is 0 Å². The van der Waals surface area contributed by atoms with E-state index < -0.39 is 0 Å². The summed E-state index contributed by atoms with van der Waals surface area (Å²) in [5.74, 6) is 1.95. The molecule has 1 unspecified atom stereocenters. The van der Waals surface area contributed by atoms with Crippen molar-refractivity contribution in [2.24, 2.45) is 5.92 Å². The van der Waals surface area contributed by atoms with Gasteiger partial charge in [-0.2, -0.15) is 15.0 Å². The van der Waals surface area contributed by atoms with Crippen LogP contribution in [0.4, 0.5) is 11.9 Å². The lowest BCUT2D eigenvalue weighted by Crippen LogP contribution is -2.32. The Kier molecular flexibility index (Phi) is 3.31. The maximum Gasteiger partial charge on any atom is 0.322 e. The van der Waals surface area contributed by atoms with Gasteiger partial charge in [-0.3, -0.25) is 0 Å². The van der Waals surface area contributed by atoms with Crippen LogP contribution in [0.5, 0.6) is 6.01 Å². The van der Waals surface area contributed by atoms with Crippen LogP contribution in [0.25, 0.3) is 0 Å². The lowest BCUT2D eigenvalue weighted by atomic mass is 10.2. The van der Waals surface area contributed by atoms with Gasteiger partial charge in [-0.15, -0.1) is 0 Å². The molecule has 0 bridgehead atoms. The minimum absolute atomic E-state index is 0.342. The lowest BCUT2D eigenvalue weighted by molar-refractivity contribution is 0.378. The maximum atomic E-state index is 5.07. The summed E-state index contributed by atoms with van der Waals surface area (Å²) in [5, 5.41) is 2.91. The van der Waals surface area contributed by atoms with Crippen molar-refractivity contribution >= 4 is 11.9 Å². The number of hydrogen-bond acceptors (Lipinski definition) is 6. The molecule has 1 aromatic rings. The van der Waals surface area contributed by atoms with Gasteiger partial charge in [0.25, 0.3) is 0 Å². The van der Waals surface area contributed by atoms with Gasteiger partial charge in [-0.05, 0) is 25.7 Å². The molecule has 0 radical (unpaired) electrons. The fraction of sp³-hybridized carbons (Fsp3) is 0.727. The van der Waals surface area contributed by atoms with E-state index >= 15 is 0 Å². The predicted molar refractivity (Wildman–Crippen MR) is 66.5 cm³/mol. The molecule has 17 heavy (non-hydrogen) atoms. The third kappa shape index (κ3) is 2.57. The van der Waals surface area contributed by atoms with E-state index in [2.05, 4.69) is 32.1 Å². The standard InChI is InChI=1S/C11H19N5O/c1-7(8-5-6-8)16(3)10-13-9(12-2)14-11(15-10)17-4/h7-8H,5-6H2,1-4H3,(H,12,13,14,15). The first-order valence-electron chi connectivity index (χ1n) is 5.86. The second kappa shape index (κ2) is 4.73. The maximum absolute atomic E-state index is 5.07. The molecule has 6 nitrogen and oxygen atoms in total. The molecule has 1 aromatic heterocycles. The van der Waals surface area contributed by atoms with Gasteiger partial charge in [0.15, 0.2) is 0 Å². The number of hydrogen-bond donors (Lipinski definition) is 1. The van der Waals surface area contributed by atoms with Crippen LogP contribution in [0, 0.1) is 5.92 Å². The number of anilines is 2. The van der Waals surface area contributed by atoms with Crippen LogP contribution in [0.2, 0.25) is 0 Å². The monoisotopic (exact) mass is 237 g/mol. The number of nitrogens with one attached hydrogen (secondary N) is 1. The van der Waals surface area contributed by atoms with E-state index in [1.165, 1.54) is 12.8 Å². The van der Waals surface area contributed by atoms with Crippen molar-refractivity contribution in [2.45, 2.75) is 25.8 Å². The number of rotatable bonds is 5. The SMILES string of the molecule is CNc1nc(OC)nc(N(C)C(C)C2CC2)n1. The van der Waals surface area contributed by atoms with E-state index in [1.54, 1.807) is 14.2 Å². The van der Waals surface area contributed by atoms with Crippen molar-refractivity contribution in [3.8, 4) is 6.01 Å². The lowest BCUT2D eigenvalue weighted by Gasteiger charge is -2.24. The molecule has 0 aliphatic heterocycles. The minimum atomic E-state index is 0.342. The average molecular weight is 237 g/mol. The van der Waals surface area contributed by atoms with Gasteiger partial charge >= 0.3 is 6.01 Å². The Morgan fingerprint density at radius 2 is 2.06 bits per heavy atom. The molecule has 1 atom stereocenters. The molecule has 1 N–H and O–H groups in total. The Balaban J connectivity index is 2.23. The van der Waals surface area contributed by atoms with E-state index in [-0.39, 0.29) is 0 Å². The van der Waals surface area contributed by atoms with Gasteiger partial charge in [0, 0.05) is 20.1 Å². The van der Waals surface area contributed by atoms with Crippen LogP contribution in [0.3, 0.4) is 0 Å². The molecular weight excluding hydrogens is 218 g/mol. The summed E-state index contributed by atoms with van der Waals surface area (Å²) in [6.45, 7) is 2.20. The van der Waals surface area contributed by atoms with E-state index in [1.807, 2.05) is 7.05 Å². The minimum Gasteiger partial charge on any atom is -0.467 e. The second-order valence-corrected chi connectivity index (χ2v) is 4.38. The first-order valence-corrected chi connectivity index (χ1v) is 5.86. The topological polar surface area (TPSA) is 63.2 Å². The zero-order chi connectivity index (χ0) is 12.4. The highest BCUT2D eigenvalue weighted by Gasteiger charge is 2.31. The molecule has 2 rings (SSSR count). The molecule has 94 valence electrons. The van der Waals surface area contributed by atoms with Gasteiger partial charge in [0.2, 0.25) is 11.9 Å². The fourth-order valence-electron chi connectivity index (χ4n) is 1.78. The van der Waals surface area contributed by atoms with Crippen LogP contribution in [-0.4, -0.2) is 42.2 Å². The first kappa shape index (κ1) is 11.9. The summed E-state index contributed by atoms with van der Waals surface area (Å²) in [7, 11) is 5.35. The summed E-state index contributed by atoms with van der Waals surface area (Å²) >= 11 is 0. The Morgan fingerprint density at radius 1 is 1.35 bits per heavy atom. The summed E-state index contributed by atoms with van der Waals surface area (Å²) in [6.07, 6.45) is 2.60. The molecule has 0 spiro atoms. The number of methoxy groups -OCH3 is 1. The summed E-state index contributed by atoms with van der Waals surface area (Å²) in [5.41, 5.74) is 0. The molecular formula is C11H19N5O. The highest BCUT2D eigenvalue weighted by Crippen LogP contribution is 2.35. The van der Waals surface area contributed by atoms with Crippen molar-refractivity contribution in [2.75, 3.05) is 31.4 Å². The summed E-state index contributed by atoms with van der Waals surface area (Å²) in [6, 6.07) is 0.793. The van der Waals surface area contributed by atoms with Crippen LogP contribution >= 0.6 is 0 Å². The van der Waals surface area contributed by atoms with E-state index in [9.17, 15) is 0 Å². The third-order valence-corrected chi connectivity index (χ3v) is 3.24. The Morgan fingerprint density at radius 3 is 2.59 bits per heavy atom. The van der Waals surface area contributed by atoms with E-state index in [0.717, 1.165) is 5.92 Å². The predicted octanol–water partition coefficient (Wildman–Crippen LogP) is 1.16. The molecule has 0 aromatic carbocycles. The zero-order valence-corrected chi connectivity index (χ0v) is 10.8. The molecule has 1 aliphatic carbocycles. The Labute approximate surface area is 101 Å². The normalized spacial score (nSPS) is 16.5. The third-order valence-electron chi connectivity index (χ3n) is 3.24. The zero-order valence-electron chi connectivity index (χ0n) is 10.8. The number of ether oxygens (including phenoxy) is 1. The fourth-order valence-corrected chi connectivity index (χ4v) is 1.78. The molecule has 1 saturated carbocycles. The van der Waals surface area contributed by atoms with Gasteiger partial charge in [0.05, 0.1) is 7.11 Å². The molecule has 0 saturated heterocycles. The smallest absolute Gasteiger partial charge is 0.322 e. The van der Waals surface area contributed by atoms with Gasteiger partial charge in [0.1, 0.15) is 0 Å².